The van der Waals surface area contributed by atoms with Crippen molar-refractivity contribution in [2.45, 2.75) is 39.2 Å². The van der Waals surface area contributed by atoms with Gasteiger partial charge in [-0.2, -0.15) is 0 Å². The molecule has 1 aliphatic rings. The first-order valence-electron chi connectivity index (χ1n) is 6.82. The van der Waals surface area contributed by atoms with Crippen LogP contribution in [-0.4, -0.2) is 11.9 Å². The fourth-order valence-corrected chi connectivity index (χ4v) is 2.98. The maximum atomic E-state index is 12.3. The van der Waals surface area contributed by atoms with Crippen LogP contribution in [0.15, 0.2) is 34.9 Å². The number of hydrogen-bond acceptors (Lipinski definition) is 2. The van der Waals surface area contributed by atoms with E-state index in [4.69, 9.17) is 4.42 Å². The predicted octanol–water partition coefficient (Wildman–Crippen LogP) is 3.74. The first-order chi connectivity index (χ1) is 9.05. The molecule has 100 valence electrons. The fraction of sp³-hybridized carbons (Fsp3) is 0.438. The van der Waals surface area contributed by atoms with Crippen molar-refractivity contribution in [2.24, 2.45) is 5.41 Å². The van der Waals surface area contributed by atoms with Gasteiger partial charge in [-0.05, 0) is 30.7 Å². The van der Waals surface area contributed by atoms with Crippen LogP contribution in [0.3, 0.4) is 0 Å². The molecular weight excluding hydrogens is 238 g/mol. The van der Waals surface area contributed by atoms with Crippen LogP contribution >= 0.6 is 0 Å². The van der Waals surface area contributed by atoms with Crippen molar-refractivity contribution >= 4 is 16.9 Å². The van der Waals surface area contributed by atoms with Crippen LogP contribution in [0.25, 0.3) is 11.0 Å². The third kappa shape index (κ3) is 2.37. The highest BCUT2D eigenvalue weighted by Crippen LogP contribution is 2.37. The van der Waals surface area contributed by atoms with Gasteiger partial charge >= 0.3 is 0 Å². The number of nitrogens with one attached hydrogen (secondary N) is 1. The van der Waals surface area contributed by atoms with Crippen molar-refractivity contribution in [2.75, 3.05) is 0 Å². The molecule has 3 rings (SSSR count). The van der Waals surface area contributed by atoms with Gasteiger partial charge in [0.1, 0.15) is 11.8 Å². The van der Waals surface area contributed by atoms with E-state index in [1.807, 2.05) is 24.3 Å². The summed E-state index contributed by atoms with van der Waals surface area (Å²) in [4.78, 5) is 12.3. The molecule has 1 heterocycles. The molecule has 1 amide bonds. The van der Waals surface area contributed by atoms with Crippen molar-refractivity contribution in [3.63, 3.8) is 0 Å². The largest absolute Gasteiger partial charge is 0.463 e. The Balaban J connectivity index is 1.78. The molecule has 1 unspecified atom stereocenters. The molecule has 1 aliphatic carbocycles. The van der Waals surface area contributed by atoms with Gasteiger partial charge in [0.05, 0.1) is 5.56 Å². The van der Waals surface area contributed by atoms with Crippen molar-refractivity contribution in [1.82, 2.24) is 5.32 Å². The second-order valence-electron chi connectivity index (χ2n) is 6.22. The lowest BCUT2D eigenvalue weighted by Gasteiger charge is -2.17. The minimum atomic E-state index is -0.0207. The lowest BCUT2D eigenvalue weighted by molar-refractivity contribution is 0.0937. The number of hydrogen-bond donors (Lipinski definition) is 1. The third-order valence-electron chi connectivity index (χ3n) is 4.03. The molecule has 19 heavy (non-hydrogen) atoms. The van der Waals surface area contributed by atoms with E-state index < -0.39 is 0 Å². The van der Waals surface area contributed by atoms with Gasteiger partial charge in [-0.25, -0.2) is 0 Å². The Bertz CT molecular complexity index is 612. The van der Waals surface area contributed by atoms with Crippen molar-refractivity contribution in [3.05, 3.63) is 36.1 Å². The molecule has 1 atom stereocenters. The number of para-hydroxylation sites is 1. The van der Waals surface area contributed by atoms with E-state index in [0.717, 1.165) is 23.8 Å². The number of furan rings is 1. The predicted molar refractivity (Wildman–Crippen MR) is 75.1 cm³/mol. The van der Waals surface area contributed by atoms with Gasteiger partial charge in [0, 0.05) is 11.4 Å². The van der Waals surface area contributed by atoms with Crippen LogP contribution in [0.5, 0.6) is 0 Å². The SMILES string of the molecule is CC1(C)CCC(NC(=O)c2coc3ccccc23)C1. The highest BCUT2D eigenvalue weighted by molar-refractivity contribution is 6.05. The monoisotopic (exact) mass is 257 g/mol. The molecule has 0 bridgehead atoms. The van der Waals surface area contributed by atoms with Crippen LogP contribution in [0, 0.1) is 5.41 Å². The van der Waals surface area contributed by atoms with Crippen LogP contribution in [-0.2, 0) is 0 Å². The van der Waals surface area contributed by atoms with Crippen LogP contribution in [0.4, 0.5) is 0 Å². The van der Waals surface area contributed by atoms with Gasteiger partial charge in [0.15, 0.2) is 0 Å². The number of carbonyl (C=O) groups excluding carboxylic acids is 1. The molecule has 0 spiro atoms. The molecule has 1 aromatic heterocycles. The summed E-state index contributed by atoms with van der Waals surface area (Å²) < 4.78 is 5.41. The number of benzene rings is 1. The molecule has 0 saturated heterocycles. The summed E-state index contributed by atoms with van der Waals surface area (Å²) in [5.74, 6) is -0.0207. The van der Waals surface area contributed by atoms with Gasteiger partial charge in [-0.3, -0.25) is 4.79 Å². The first kappa shape index (κ1) is 12.3. The van der Waals surface area contributed by atoms with Crippen molar-refractivity contribution in [3.8, 4) is 0 Å². The average Bonchev–Trinajstić information content (AvgIpc) is 2.92. The number of amides is 1. The standard InChI is InChI=1S/C16H19NO2/c1-16(2)8-7-11(9-16)17-15(18)13-10-19-14-6-4-3-5-12(13)14/h3-6,10-11H,7-9H2,1-2H3,(H,17,18). The van der Waals surface area contributed by atoms with Crippen LogP contribution in [0.2, 0.25) is 0 Å². The topological polar surface area (TPSA) is 42.2 Å². The smallest absolute Gasteiger partial charge is 0.255 e. The molecule has 1 fully saturated rings. The molecule has 1 saturated carbocycles. The van der Waals surface area contributed by atoms with E-state index >= 15 is 0 Å². The number of rotatable bonds is 2. The van der Waals surface area contributed by atoms with E-state index in [2.05, 4.69) is 19.2 Å². The van der Waals surface area contributed by atoms with Crippen molar-refractivity contribution < 1.29 is 9.21 Å². The minimum Gasteiger partial charge on any atom is -0.463 e. The van der Waals surface area contributed by atoms with Gasteiger partial charge in [-0.1, -0.05) is 32.0 Å². The van der Waals surface area contributed by atoms with E-state index in [-0.39, 0.29) is 11.9 Å². The summed E-state index contributed by atoms with van der Waals surface area (Å²) in [7, 11) is 0. The first-order valence-corrected chi connectivity index (χ1v) is 6.82. The van der Waals surface area contributed by atoms with Gasteiger partial charge < -0.3 is 9.73 Å². The second-order valence-corrected chi connectivity index (χ2v) is 6.22. The Morgan fingerprint density at radius 1 is 1.37 bits per heavy atom. The highest BCUT2D eigenvalue weighted by Gasteiger charge is 2.32. The van der Waals surface area contributed by atoms with Crippen molar-refractivity contribution in [1.29, 1.82) is 0 Å². The molecule has 0 aliphatic heterocycles. The molecule has 1 aromatic carbocycles. The van der Waals surface area contributed by atoms with Crippen LogP contribution < -0.4 is 5.32 Å². The van der Waals surface area contributed by atoms with E-state index in [1.165, 1.54) is 6.42 Å². The Morgan fingerprint density at radius 2 is 2.16 bits per heavy atom. The Hall–Kier alpha value is -1.77. The molecular formula is C16H19NO2. The zero-order valence-corrected chi connectivity index (χ0v) is 11.4. The summed E-state index contributed by atoms with van der Waals surface area (Å²) in [5.41, 5.74) is 1.75. The van der Waals surface area contributed by atoms with E-state index in [0.29, 0.717) is 11.0 Å². The molecule has 0 radical (unpaired) electrons. The average molecular weight is 257 g/mol. The summed E-state index contributed by atoms with van der Waals surface area (Å²) in [6.07, 6.45) is 4.84. The van der Waals surface area contributed by atoms with Gasteiger partial charge in [0.25, 0.3) is 5.91 Å². The molecule has 2 aromatic rings. The zero-order valence-electron chi connectivity index (χ0n) is 11.4. The molecule has 3 nitrogen and oxygen atoms in total. The van der Waals surface area contributed by atoms with Gasteiger partial charge in [-0.15, -0.1) is 0 Å². The second kappa shape index (κ2) is 4.41. The lowest BCUT2D eigenvalue weighted by atomic mass is 9.92. The number of carbonyl (C=O) groups is 1. The lowest BCUT2D eigenvalue weighted by Crippen LogP contribution is -2.33. The molecule has 1 N–H and O–H groups in total. The quantitative estimate of drug-likeness (QED) is 0.890. The van der Waals surface area contributed by atoms with Crippen LogP contribution in [0.1, 0.15) is 43.5 Å². The Morgan fingerprint density at radius 3 is 2.89 bits per heavy atom. The van der Waals surface area contributed by atoms with E-state index in [9.17, 15) is 4.79 Å². The summed E-state index contributed by atoms with van der Waals surface area (Å²) in [6.45, 7) is 4.51. The maximum Gasteiger partial charge on any atom is 0.255 e. The maximum absolute atomic E-state index is 12.3. The molecule has 3 heteroatoms. The highest BCUT2D eigenvalue weighted by atomic mass is 16.3. The zero-order chi connectivity index (χ0) is 13.5. The normalized spacial score (nSPS) is 21.7. The Labute approximate surface area is 113 Å². The Kier molecular flexibility index (Phi) is 2.85. The fourth-order valence-electron chi connectivity index (χ4n) is 2.98. The van der Waals surface area contributed by atoms with Gasteiger partial charge in [0.2, 0.25) is 0 Å². The van der Waals surface area contributed by atoms with E-state index in [1.54, 1.807) is 6.26 Å². The summed E-state index contributed by atoms with van der Waals surface area (Å²) in [6, 6.07) is 7.92. The third-order valence-corrected chi connectivity index (χ3v) is 4.03. The summed E-state index contributed by atoms with van der Waals surface area (Å²) >= 11 is 0. The number of fused-ring (bicyclic) bond motifs is 1. The summed E-state index contributed by atoms with van der Waals surface area (Å²) in [5, 5.41) is 4.02. The minimum absolute atomic E-state index is 0.0207.